The second kappa shape index (κ2) is 8.47. The second-order valence-electron chi connectivity index (χ2n) is 9.62. The summed E-state index contributed by atoms with van der Waals surface area (Å²) in [5.74, 6) is 3.34. The van der Waals surface area contributed by atoms with E-state index in [0.717, 1.165) is 24.3 Å². The summed E-state index contributed by atoms with van der Waals surface area (Å²) in [6.07, 6.45) is 15.1. The van der Waals surface area contributed by atoms with Crippen LogP contribution in [0, 0.1) is 0 Å². The van der Waals surface area contributed by atoms with Crippen molar-refractivity contribution in [1.82, 2.24) is 0 Å². The lowest BCUT2D eigenvalue weighted by atomic mass is 9.93. The van der Waals surface area contributed by atoms with Gasteiger partial charge in [-0.3, -0.25) is 0 Å². The van der Waals surface area contributed by atoms with Crippen LogP contribution < -0.4 is 9.05 Å². The van der Waals surface area contributed by atoms with E-state index in [2.05, 4.69) is 54.6 Å². The topological polar surface area (TPSA) is 18.5 Å². The van der Waals surface area contributed by atoms with E-state index in [9.17, 15) is 0 Å². The summed E-state index contributed by atoms with van der Waals surface area (Å²) in [6.45, 7) is 0. The molecule has 2 aromatic carbocycles. The number of benzene rings is 2. The molecule has 0 unspecified atom stereocenters. The third-order valence-electron chi connectivity index (χ3n) is 7.57. The highest BCUT2D eigenvalue weighted by molar-refractivity contribution is 7.53. The van der Waals surface area contributed by atoms with Crippen LogP contribution in [0.4, 0.5) is 0 Å². The normalized spacial score (nSPS) is 21.0. The van der Waals surface area contributed by atoms with Gasteiger partial charge in [0.1, 0.15) is 11.5 Å². The highest BCUT2D eigenvalue weighted by atomic mass is 31.2. The molecule has 3 heteroatoms. The lowest BCUT2D eigenvalue weighted by Gasteiger charge is -2.25. The van der Waals surface area contributed by atoms with Gasteiger partial charge in [0.25, 0.3) is 0 Å². The second-order valence-corrected chi connectivity index (χ2v) is 11.0. The van der Waals surface area contributed by atoms with Crippen LogP contribution in [0.25, 0.3) is 0 Å². The number of rotatable bonds is 7. The predicted molar refractivity (Wildman–Crippen MR) is 128 cm³/mol. The van der Waals surface area contributed by atoms with E-state index >= 15 is 0 Å². The summed E-state index contributed by atoms with van der Waals surface area (Å²) in [4.78, 5) is 0. The number of allylic oxidation sites excluding steroid dienone is 4. The molecule has 0 aliphatic heterocycles. The van der Waals surface area contributed by atoms with Gasteiger partial charge in [0.05, 0.1) is 5.31 Å². The molecule has 7 rings (SSSR count). The van der Waals surface area contributed by atoms with Crippen LogP contribution in [0.2, 0.25) is 0 Å². The van der Waals surface area contributed by atoms with Crippen LogP contribution in [0.3, 0.4) is 0 Å². The van der Waals surface area contributed by atoms with E-state index in [4.69, 9.17) is 9.05 Å². The minimum Gasteiger partial charge on any atom is -0.435 e. The SMILES string of the molecule is C1=C2CC(=C1P(Oc1ccccc1C1CCCC1)Oc1ccccc1C1CCCC1)C2. The van der Waals surface area contributed by atoms with Gasteiger partial charge in [-0.25, -0.2) is 0 Å². The predicted octanol–water partition coefficient (Wildman–Crippen LogP) is 8.76. The van der Waals surface area contributed by atoms with Crippen LogP contribution in [-0.2, 0) is 0 Å². The first-order chi connectivity index (χ1) is 15.3. The van der Waals surface area contributed by atoms with E-state index < -0.39 is 8.38 Å². The van der Waals surface area contributed by atoms with Gasteiger partial charge in [-0.1, -0.05) is 67.7 Å². The van der Waals surface area contributed by atoms with E-state index in [1.54, 1.807) is 0 Å². The first-order valence-electron chi connectivity index (χ1n) is 12.1. The molecule has 2 aromatic rings. The maximum atomic E-state index is 6.80. The molecule has 0 spiro atoms. The number of para-hydroxylation sites is 2. The van der Waals surface area contributed by atoms with Crippen molar-refractivity contribution in [2.45, 2.75) is 76.0 Å². The Bertz CT molecular complexity index is 953. The Morgan fingerprint density at radius 3 is 1.58 bits per heavy atom. The quantitative estimate of drug-likeness (QED) is 0.409. The molecule has 0 amide bonds. The Morgan fingerprint density at radius 2 is 1.13 bits per heavy atom. The molecule has 0 N–H and O–H groups in total. The van der Waals surface area contributed by atoms with Crippen LogP contribution >= 0.6 is 8.38 Å². The summed E-state index contributed by atoms with van der Waals surface area (Å²) in [5.41, 5.74) is 5.82. The van der Waals surface area contributed by atoms with Crippen LogP contribution in [0.5, 0.6) is 11.5 Å². The molecule has 31 heavy (non-hydrogen) atoms. The first kappa shape index (κ1) is 19.6. The first-order valence-corrected chi connectivity index (χ1v) is 13.3. The Balaban J connectivity index is 1.32. The van der Waals surface area contributed by atoms with E-state index in [0.29, 0.717) is 11.8 Å². The minimum atomic E-state index is -1.17. The average Bonchev–Trinajstić information content (AvgIpc) is 3.58. The molecule has 0 saturated heterocycles. The molecule has 160 valence electrons. The van der Waals surface area contributed by atoms with Gasteiger partial charge in [-0.15, -0.1) is 0 Å². The van der Waals surface area contributed by atoms with Gasteiger partial charge in [-0.05, 0) is 85.3 Å². The highest BCUT2D eigenvalue weighted by Crippen LogP contribution is 2.59. The largest absolute Gasteiger partial charge is 0.435 e. The van der Waals surface area contributed by atoms with Crippen molar-refractivity contribution in [2.75, 3.05) is 0 Å². The Hall–Kier alpha value is -2.05. The monoisotopic (exact) mass is 430 g/mol. The molecule has 0 atom stereocenters. The zero-order valence-corrected chi connectivity index (χ0v) is 19.1. The maximum absolute atomic E-state index is 6.80. The summed E-state index contributed by atoms with van der Waals surface area (Å²) < 4.78 is 13.6. The van der Waals surface area contributed by atoms with Crippen molar-refractivity contribution >= 4 is 8.38 Å². The average molecular weight is 431 g/mol. The maximum Gasteiger partial charge on any atom is 0.326 e. The third kappa shape index (κ3) is 3.85. The van der Waals surface area contributed by atoms with Crippen molar-refractivity contribution < 1.29 is 9.05 Å². The van der Waals surface area contributed by atoms with Gasteiger partial charge >= 0.3 is 8.38 Å². The summed E-state index contributed by atoms with van der Waals surface area (Å²) >= 11 is 0. The summed E-state index contributed by atoms with van der Waals surface area (Å²) in [7, 11) is -1.17. The van der Waals surface area contributed by atoms with E-state index in [-0.39, 0.29) is 0 Å². The van der Waals surface area contributed by atoms with Crippen molar-refractivity contribution in [3.05, 3.63) is 82.2 Å². The Morgan fingerprint density at radius 1 is 0.645 bits per heavy atom. The molecule has 3 fully saturated rings. The molecule has 0 aromatic heterocycles. The van der Waals surface area contributed by atoms with E-state index in [1.807, 2.05) is 0 Å². The molecule has 3 saturated carbocycles. The Labute approximate surface area is 187 Å². The standard InChI is InChI=1S/C28H31O2P/c1-2-10-21(9-1)24-13-5-7-15-26(24)29-31(28-19-20-17-23(28)18-20)30-27-16-8-6-14-25(27)22-11-3-4-12-22/h5-8,13-16,19,21-22H,1-4,9-12,17-18H2. The fourth-order valence-corrected chi connectivity index (χ4v) is 7.46. The molecular weight excluding hydrogens is 399 g/mol. The van der Waals surface area contributed by atoms with Gasteiger partial charge in [0.15, 0.2) is 0 Å². The molecule has 2 bridgehead atoms. The number of fused-ring (bicyclic) bond motifs is 1. The molecule has 5 aliphatic rings. The summed E-state index contributed by atoms with van der Waals surface area (Å²) in [6, 6.07) is 17.4. The number of hydrogen-bond acceptors (Lipinski definition) is 2. The minimum absolute atomic E-state index is 0.632. The van der Waals surface area contributed by atoms with Gasteiger partial charge in [0.2, 0.25) is 0 Å². The molecular formula is C28H31O2P. The molecule has 5 aliphatic carbocycles. The van der Waals surface area contributed by atoms with Crippen LogP contribution in [0.1, 0.15) is 87.2 Å². The van der Waals surface area contributed by atoms with Crippen LogP contribution in [0.15, 0.2) is 71.1 Å². The molecule has 2 nitrogen and oxygen atoms in total. The highest BCUT2D eigenvalue weighted by Gasteiger charge is 2.35. The lowest BCUT2D eigenvalue weighted by Crippen LogP contribution is -2.05. The fourth-order valence-electron chi connectivity index (χ4n) is 5.83. The third-order valence-corrected chi connectivity index (χ3v) is 9.13. The van der Waals surface area contributed by atoms with Crippen molar-refractivity contribution in [2.24, 2.45) is 0 Å². The molecule has 0 heterocycles. The number of hydrogen-bond donors (Lipinski definition) is 0. The zero-order chi connectivity index (χ0) is 20.6. The Kier molecular flexibility index (Phi) is 5.36. The lowest BCUT2D eigenvalue weighted by molar-refractivity contribution is 0.483. The van der Waals surface area contributed by atoms with Crippen molar-refractivity contribution in [3.8, 4) is 11.5 Å². The molecule has 0 radical (unpaired) electrons. The zero-order valence-electron chi connectivity index (χ0n) is 18.2. The van der Waals surface area contributed by atoms with Crippen molar-refractivity contribution in [1.29, 1.82) is 0 Å². The van der Waals surface area contributed by atoms with Gasteiger partial charge < -0.3 is 9.05 Å². The van der Waals surface area contributed by atoms with E-state index in [1.165, 1.54) is 79.0 Å². The summed E-state index contributed by atoms with van der Waals surface area (Å²) in [5, 5.41) is 1.33. The van der Waals surface area contributed by atoms with Gasteiger partial charge in [-0.2, -0.15) is 0 Å². The fraction of sp³-hybridized carbons (Fsp3) is 0.429. The van der Waals surface area contributed by atoms with Crippen molar-refractivity contribution in [3.63, 3.8) is 0 Å². The van der Waals surface area contributed by atoms with Gasteiger partial charge in [0, 0.05) is 0 Å². The smallest absolute Gasteiger partial charge is 0.326 e. The van der Waals surface area contributed by atoms with Crippen LogP contribution in [-0.4, -0.2) is 0 Å².